The van der Waals surface area contributed by atoms with Gasteiger partial charge in [-0.1, -0.05) is 17.7 Å². The molecule has 0 radical (unpaired) electrons. The van der Waals surface area contributed by atoms with Crippen LogP contribution in [0.1, 0.15) is 0 Å². The highest BCUT2D eigenvalue weighted by atomic mass is 35.5. The SMILES string of the molecule is CNCCS(=O)(=O)c1cccc(Cl)c1. The third kappa shape index (κ3) is 2.97. The number of hydrogen-bond acceptors (Lipinski definition) is 3. The molecule has 0 fully saturated rings. The molecular weight excluding hydrogens is 222 g/mol. The highest BCUT2D eigenvalue weighted by Crippen LogP contribution is 2.16. The van der Waals surface area contributed by atoms with E-state index in [-0.39, 0.29) is 10.6 Å². The van der Waals surface area contributed by atoms with E-state index < -0.39 is 9.84 Å². The first-order chi connectivity index (χ1) is 6.56. The summed E-state index contributed by atoms with van der Waals surface area (Å²) in [7, 11) is -1.48. The van der Waals surface area contributed by atoms with E-state index in [0.29, 0.717) is 11.6 Å². The summed E-state index contributed by atoms with van der Waals surface area (Å²) < 4.78 is 23.3. The van der Waals surface area contributed by atoms with Gasteiger partial charge in [0.15, 0.2) is 9.84 Å². The fraction of sp³-hybridized carbons (Fsp3) is 0.333. The molecule has 0 saturated carbocycles. The Morgan fingerprint density at radius 2 is 2.14 bits per heavy atom. The molecule has 0 aliphatic rings. The molecule has 1 aromatic rings. The zero-order chi connectivity index (χ0) is 10.6. The number of nitrogens with one attached hydrogen (secondary N) is 1. The molecule has 1 aromatic carbocycles. The van der Waals surface area contributed by atoms with Gasteiger partial charge in [-0.3, -0.25) is 0 Å². The van der Waals surface area contributed by atoms with Gasteiger partial charge in [0.25, 0.3) is 0 Å². The molecule has 0 unspecified atom stereocenters. The van der Waals surface area contributed by atoms with Crippen LogP contribution in [0.5, 0.6) is 0 Å². The van der Waals surface area contributed by atoms with E-state index >= 15 is 0 Å². The Hall–Kier alpha value is -0.580. The van der Waals surface area contributed by atoms with Crippen molar-refractivity contribution in [1.82, 2.24) is 5.32 Å². The molecule has 14 heavy (non-hydrogen) atoms. The van der Waals surface area contributed by atoms with E-state index in [9.17, 15) is 8.42 Å². The molecule has 3 nitrogen and oxygen atoms in total. The predicted molar refractivity (Wildman–Crippen MR) is 57.4 cm³/mol. The maximum absolute atomic E-state index is 11.6. The number of hydrogen-bond donors (Lipinski definition) is 1. The lowest BCUT2D eigenvalue weighted by Crippen LogP contribution is -2.19. The van der Waals surface area contributed by atoms with Gasteiger partial charge in [-0.15, -0.1) is 0 Å². The highest BCUT2D eigenvalue weighted by Gasteiger charge is 2.13. The zero-order valence-corrected chi connectivity index (χ0v) is 9.40. The third-order valence-corrected chi connectivity index (χ3v) is 3.72. The van der Waals surface area contributed by atoms with Gasteiger partial charge in [0.1, 0.15) is 0 Å². The molecule has 0 atom stereocenters. The van der Waals surface area contributed by atoms with Crippen LogP contribution in [0.2, 0.25) is 5.02 Å². The van der Waals surface area contributed by atoms with Crippen molar-refractivity contribution in [2.24, 2.45) is 0 Å². The van der Waals surface area contributed by atoms with E-state index in [0.717, 1.165) is 0 Å². The maximum atomic E-state index is 11.6. The Labute approximate surface area is 89.0 Å². The van der Waals surface area contributed by atoms with Crippen LogP contribution in [0.4, 0.5) is 0 Å². The number of rotatable bonds is 4. The molecule has 0 spiro atoms. The van der Waals surface area contributed by atoms with Crippen molar-refractivity contribution in [3.8, 4) is 0 Å². The molecule has 1 rings (SSSR count). The number of sulfone groups is 1. The van der Waals surface area contributed by atoms with E-state index in [2.05, 4.69) is 5.32 Å². The summed E-state index contributed by atoms with van der Waals surface area (Å²) in [5, 5.41) is 3.24. The Kier molecular flexibility index (Phi) is 3.92. The molecule has 0 aliphatic heterocycles. The van der Waals surface area contributed by atoms with Crippen LogP contribution in [-0.2, 0) is 9.84 Å². The maximum Gasteiger partial charge on any atom is 0.179 e. The summed E-state index contributed by atoms with van der Waals surface area (Å²) in [6.45, 7) is 0.439. The third-order valence-electron chi connectivity index (χ3n) is 1.78. The second kappa shape index (κ2) is 4.77. The lowest BCUT2D eigenvalue weighted by Gasteiger charge is -2.03. The van der Waals surface area contributed by atoms with Crippen molar-refractivity contribution in [1.29, 1.82) is 0 Å². The van der Waals surface area contributed by atoms with E-state index in [1.54, 1.807) is 25.2 Å². The quantitative estimate of drug-likeness (QED) is 0.854. The minimum Gasteiger partial charge on any atom is -0.319 e. The molecule has 0 saturated heterocycles. The topological polar surface area (TPSA) is 46.2 Å². The van der Waals surface area contributed by atoms with Crippen LogP contribution in [0, 0.1) is 0 Å². The monoisotopic (exact) mass is 233 g/mol. The van der Waals surface area contributed by atoms with Crippen LogP contribution in [-0.4, -0.2) is 27.8 Å². The van der Waals surface area contributed by atoms with Crippen molar-refractivity contribution in [2.75, 3.05) is 19.3 Å². The summed E-state index contributed by atoms with van der Waals surface area (Å²) in [6, 6.07) is 6.30. The molecule has 0 bridgehead atoms. The van der Waals surface area contributed by atoms with Gasteiger partial charge in [0, 0.05) is 11.6 Å². The van der Waals surface area contributed by atoms with Gasteiger partial charge in [0.05, 0.1) is 10.6 Å². The van der Waals surface area contributed by atoms with E-state index in [1.807, 2.05) is 0 Å². The van der Waals surface area contributed by atoms with E-state index in [1.165, 1.54) is 6.07 Å². The normalized spacial score (nSPS) is 11.6. The lowest BCUT2D eigenvalue weighted by atomic mass is 10.4. The van der Waals surface area contributed by atoms with Crippen LogP contribution in [0.3, 0.4) is 0 Å². The largest absolute Gasteiger partial charge is 0.319 e. The standard InChI is InChI=1S/C9H12ClNO2S/c1-11-5-6-14(12,13)9-4-2-3-8(10)7-9/h2-4,7,11H,5-6H2,1H3. The Balaban J connectivity index is 2.93. The van der Waals surface area contributed by atoms with Crippen LogP contribution in [0.15, 0.2) is 29.2 Å². The molecule has 0 aromatic heterocycles. The number of halogens is 1. The minimum atomic E-state index is -3.19. The van der Waals surface area contributed by atoms with Gasteiger partial charge in [-0.05, 0) is 25.2 Å². The lowest BCUT2D eigenvalue weighted by molar-refractivity contribution is 0.593. The molecule has 1 N–H and O–H groups in total. The van der Waals surface area contributed by atoms with Crippen molar-refractivity contribution in [3.05, 3.63) is 29.3 Å². The number of benzene rings is 1. The first-order valence-corrected chi connectivity index (χ1v) is 6.22. The minimum absolute atomic E-state index is 0.0871. The average Bonchev–Trinajstić information content (AvgIpc) is 2.15. The van der Waals surface area contributed by atoms with Crippen LogP contribution in [0.25, 0.3) is 0 Å². The van der Waals surface area contributed by atoms with E-state index in [4.69, 9.17) is 11.6 Å². The van der Waals surface area contributed by atoms with Crippen molar-refractivity contribution < 1.29 is 8.42 Å². The first kappa shape index (κ1) is 11.5. The molecule has 0 amide bonds. The molecule has 78 valence electrons. The average molecular weight is 234 g/mol. The van der Waals surface area contributed by atoms with Gasteiger partial charge >= 0.3 is 0 Å². The summed E-state index contributed by atoms with van der Waals surface area (Å²) in [6.07, 6.45) is 0. The molecular formula is C9H12ClNO2S. The van der Waals surface area contributed by atoms with Crippen molar-refractivity contribution in [3.63, 3.8) is 0 Å². The highest BCUT2D eigenvalue weighted by molar-refractivity contribution is 7.91. The molecule has 0 heterocycles. The van der Waals surface area contributed by atoms with Crippen molar-refractivity contribution >= 4 is 21.4 Å². The Morgan fingerprint density at radius 3 is 2.71 bits per heavy atom. The van der Waals surface area contributed by atoms with Crippen LogP contribution < -0.4 is 5.32 Å². The van der Waals surface area contributed by atoms with Crippen LogP contribution >= 0.6 is 11.6 Å². The predicted octanol–water partition coefficient (Wildman–Crippen LogP) is 1.33. The Morgan fingerprint density at radius 1 is 1.43 bits per heavy atom. The Bertz CT molecular complexity index is 403. The second-order valence-electron chi connectivity index (χ2n) is 2.88. The van der Waals surface area contributed by atoms with Gasteiger partial charge < -0.3 is 5.32 Å². The fourth-order valence-electron chi connectivity index (χ4n) is 1.01. The molecule has 5 heteroatoms. The summed E-state index contributed by atoms with van der Waals surface area (Å²) in [5.74, 6) is 0.0871. The second-order valence-corrected chi connectivity index (χ2v) is 5.43. The summed E-state index contributed by atoms with van der Waals surface area (Å²) >= 11 is 5.70. The molecule has 0 aliphatic carbocycles. The van der Waals surface area contributed by atoms with Gasteiger partial charge in [0.2, 0.25) is 0 Å². The van der Waals surface area contributed by atoms with Crippen molar-refractivity contribution in [2.45, 2.75) is 4.90 Å². The zero-order valence-electron chi connectivity index (χ0n) is 7.83. The van der Waals surface area contributed by atoms with Gasteiger partial charge in [-0.25, -0.2) is 8.42 Å². The van der Waals surface area contributed by atoms with Gasteiger partial charge in [-0.2, -0.15) is 0 Å². The summed E-state index contributed by atoms with van der Waals surface area (Å²) in [5.41, 5.74) is 0. The first-order valence-electron chi connectivity index (χ1n) is 4.19. The fourth-order valence-corrected chi connectivity index (χ4v) is 2.57. The smallest absolute Gasteiger partial charge is 0.179 e. The summed E-state index contributed by atoms with van der Waals surface area (Å²) in [4.78, 5) is 0.278.